The quantitative estimate of drug-likeness (QED) is 0.539. The Bertz CT molecular complexity index is 923. The van der Waals surface area contributed by atoms with Crippen molar-refractivity contribution in [1.29, 1.82) is 0 Å². The van der Waals surface area contributed by atoms with Gasteiger partial charge in [-0.05, 0) is 52.8 Å². The lowest BCUT2D eigenvalue weighted by molar-refractivity contribution is -0.144. The van der Waals surface area contributed by atoms with Gasteiger partial charge in [-0.2, -0.15) is 5.10 Å². The SMILES string of the molecule is Cc1nn(Cc2c(Cl)cccc2Cl)c(C)c1/C=C/C(=O)OCC(=O)NC(C)(C)C. The second-order valence-electron chi connectivity index (χ2n) is 7.68. The van der Waals surface area contributed by atoms with Crippen LogP contribution in [0.2, 0.25) is 10.0 Å². The summed E-state index contributed by atoms with van der Waals surface area (Å²) < 4.78 is 6.77. The first-order chi connectivity index (χ1) is 13.5. The molecule has 0 fully saturated rings. The van der Waals surface area contributed by atoms with Crippen LogP contribution in [-0.2, 0) is 20.9 Å². The molecule has 1 amide bonds. The van der Waals surface area contributed by atoms with Gasteiger partial charge in [-0.3, -0.25) is 9.48 Å². The molecule has 156 valence electrons. The molecule has 0 unspecified atom stereocenters. The molecule has 0 atom stereocenters. The number of carbonyl (C=O) groups is 2. The molecule has 2 rings (SSSR count). The fourth-order valence-electron chi connectivity index (χ4n) is 2.73. The largest absolute Gasteiger partial charge is 0.452 e. The van der Waals surface area contributed by atoms with Gasteiger partial charge in [-0.1, -0.05) is 29.3 Å². The average molecular weight is 438 g/mol. The van der Waals surface area contributed by atoms with Crippen molar-refractivity contribution in [1.82, 2.24) is 15.1 Å². The third-order valence-corrected chi connectivity index (χ3v) is 4.76. The predicted octanol–water partition coefficient (Wildman–Crippen LogP) is 4.33. The van der Waals surface area contributed by atoms with Gasteiger partial charge in [-0.15, -0.1) is 0 Å². The van der Waals surface area contributed by atoms with E-state index < -0.39 is 5.97 Å². The van der Waals surface area contributed by atoms with E-state index >= 15 is 0 Å². The number of carbonyl (C=O) groups excluding carboxylic acids is 2. The highest BCUT2D eigenvalue weighted by atomic mass is 35.5. The molecule has 8 heteroatoms. The van der Waals surface area contributed by atoms with Crippen LogP contribution < -0.4 is 5.32 Å². The molecule has 0 bridgehead atoms. The number of benzene rings is 1. The van der Waals surface area contributed by atoms with Crippen molar-refractivity contribution in [3.05, 3.63) is 56.8 Å². The standard InChI is InChI=1S/C21H25Cl2N3O3/c1-13-15(9-10-20(28)29-12-19(27)24-21(3,4)5)14(2)26(25-13)11-16-17(22)7-6-8-18(16)23/h6-10H,11-12H2,1-5H3,(H,24,27)/b10-9+. The van der Waals surface area contributed by atoms with E-state index in [0.717, 1.165) is 22.5 Å². The van der Waals surface area contributed by atoms with Gasteiger partial charge in [-0.25, -0.2) is 4.79 Å². The van der Waals surface area contributed by atoms with Gasteiger partial charge in [0.15, 0.2) is 6.61 Å². The fourth-order valence-corrected chi connectivity index (χ4v) is 3.25. The lowest BCUT2D eigenvalue weighted by Gasteiger charge is -2.20. The first-order valence-electron chi connectivity index (χ1n) is 9.10. The number of hydrogen-bond donors (Lipinski definition) is 1. The van der Waals surface area contributed by atoms with Crippen LogP contribution in [0.4, 0.5) is 0 Å². The Balaban J connectivity index is 2.06. The normalized spacial score (nSPS) is 11.7. The Kier molecular flexibility index (Phi) is 7.49. The summed E-state index contributed by atoms with van der Waals surface area (Å²) in [6, 6.07) is 5.35. The van der Waals surface area contributed by atoms with Crippen LogP contribution in [0.1, 0.15) is 43.3 Å². The van der Waals surface area contributed by atoms with Crippen molar-refractivity contribution >= 4 is 41.2 Å². The van der Waals surface area contributed by atoms with E-state index in [2.05, 4.69) is 10.4 Å². The van der Waals surface area contributed by atoms with Crippen molar-refractivity contribution in [3.63, 3.8) is 0 Å². The Morgan fingerprint density at radius 1 is 1.21 bits per heavy atom. The summed E-state index contributed by atoms with van der Waals surface area (Å²) in [5, 5.41) is 8.38. The molecule has 0 aliphatic rings. The molecular formula is C21H25Cl2N3O3. The molecule has 2 aromatic rings. The van der Waals surface area contributed by atoms with E-state index in [1.54, 1.807) is 29.0 Å². The van der Waals surface area contributed by atoms with Crippen molar-refractivity contribution < 1.29 is 14.3 Å². The summed E-state index contributed by atoms with van der Waals surface area (Å²) >= 11 is 12.5. The fraction of sp³-hybridized carbons (Fsp3) is 0.381. The molecule has 0 saturated carbocycles. The maximum absolute atomic E-state index is 11.9. The minimum atomic E-state index is -0.602. The molecule has 0 aliphatic carbocycles. The highest BCUT2D eigenvalue weighted by Gasteiger charge is 2.15. The zero-order chi connectivity index (χ0) is 21.8. The summed E-state index contributed by atoms with van der Waals surface area (Å²) in [6.45, 7) is 9.38. The second-order valence-corrected chi connectivity index (χ2v) is 8.50. The number of aryl methyl sites for hydroxylation is 1. The molecule has 29 heavy (non-hydrogen) atoms. The number of ether oxygens (including phenoxy) is 1. The van der Waals surface area contributed by atoms with Crippen molar-refractivity contribution in [2.24, 2.45) is 0 Å². The number of nitrogens with one attached hydrogen (secondary N) is 1. The molecule has 6 nitrogen and oxygen atoms in total. The Hall–Kier alpha value is -2.31. The van der Waals surface area contributed by atoms with Crippen LogP contribution in [-0.4, -0.2) is 33.8 Å². The molecule has 1 aromatic carbocycles. The lowest BCUT2D eigenvalue weighted by Crippen LogP contribution is -2.42. The van der Waals surface area contributed by atoms with Crippen LogP contribution in [0.15, 0.2) is 24.3 Å². The summed E-state index contributed by atoms with van der Waals surface area (Å²) in [4.78, 5) is 23.7. The molecule has 0 saturated heterocycles. The number of halogens is 2. The number of rotatable bonds is 6. The van der Waals surface area contributed by atoms with Gasteiger partial charge < -0.3 is 10.1 Å². The van der Waals surface area contributed by atoms with Crippen LogP contribution in [0.25, 0.3) is 6.08 Å². The molecular weight excluding hydrogens is 413 g/mol. The molecule has 1 N–H and O–H groups in total. The highest BCUT2D eigenvalue weighted by Crippen LogP contribution is 2.26. The predicted molar refractivity (Wildman–Crippen MR) is 115 cm³/mol. The monoisotopic (exact) mass is 437 g/mol. The number of nitrogens with zero attached hydrogens (tertiary/aromatic N) is 2. The second kappa shape index (κ2) is 9.46. The summed E-state index contributed by atoms with van der Waals surface area (Å²) in [5.74, 6) is -0.953. The van der Waals surface area contributed by atoms with Crippen molar-refractivity contribution in [2.45, 2.75) is 46.7 Å². The lowest BCUT2D eigenvalue weighted by atomic mass is 10.1. The van der Waals surface area contributed by atoms with Gasteiger partial charge in [0.25, 0.3) is 5.91 Å². The van der Waals surface area contributed by atoms with E-state index in [1.165, 1.54) is 6.08 Å². The first kappa shape index (κ1) is 23.0. The number of amides is 1. The van der Waals surface area contributed by atoms with Gasteiger partial charge in [0, 0.05) is 38.5 Å². The Morgan fingerprint density at radius 2 is 1.83 bits per heavy atom. The van der Waals surface area contributed by atoms with E-state index in [-0.39, 0.29) is 18.1 Å². The summed E-state index contributed by atoms with van der Waals surface area (Å²) in [7, 11) is 0. The summed E-state index contributed by atoms with van der Waals surface area (Å²) in [5.41, 5.74) is 2.80. The summed E-state index contributed by atoms with van der Waals surface area (Å²) in [6.07, 6.45) is 2.92. The van der Waals surface area contributed by atoms with Crippen LogP contribution in [0, 0.1) is 13.8 Å². The number of esters is 1. The van der Waals surface area contributed by atoms with Gasteiger partial charge in [0.1, 0.15) is 0 Å². The van der Waals surface area contributed by atoms with E-state index in [4.69, 9.17) is 27.9 Å². The molecule has 0 radical (unpaired) electrons. The van der Waals surface area contributed by atoms with Crippen molar-refractivity contribution in [3.8, 4) is 0 Å². The third-order valence-electron chi connectivity index (χ3n) is 4.05. The van der Waals surface area contributed by atoms with Gasteiger partial charge in [0.05, 0.1) is 12.2 Å². The minimum Gasteiger partial charge on any atom is -0.452 e. The highest BCUT2D eigenvalue weighted by molar-refractivity contribution is 6.35. The zero-order valence-electron chi connectivity index (χ0n) is 17.2. The minimum absolute atomic E-state index is 0.331. The molecule has 0 spiro atoms. The smallest absolute Gasteiger partial charge is 0.331 e. The van der Waals surface area contributed by atoms with Gasteiger partial charge >= 0.3 is 5.97 Å². The van der Waals surface area contributed by atoms with Crippen LogP contribution in [0.3, 0.4) is 0 Å². The molecule has 1 heterocycles. The maximum Gasteiger partial charge on any atom is 0.331 e. The number of aromatic nitrogens is 2. The van der Waals surface area contributed by atoms with Gasteiger partial charge in [0.2, 0.25) is 0 Å². The third kappa shape index (κ3) is 6.61. The first-order valence-corrected chi connectivity index (χ1v) is 9.86. The van der Waals surface area contributed by atoms with Crippen molar-refractivity contribution in [2.75, 3.05) is 6.61 Å². The average Bonchev–Trinajstić information content (AvgIpc) is 2.86. The Morgan fingerprint density at radius 3 is 2.41 bits per heavy atom. The number of hydrogen-bond acceptors (Lipinski definition) is 4. The molecule has 1 aromatic heterocycles. The van der Waals surface area contributed by atoms with E-state index in [1.807, 2.05) is 34.6 Å². The topological polar surface area (TPSA) is 73.2 Å². The maximum atomic E-state index is 11.9. The Labute approximate surface area is 180 Å². The molecule has 0 aliphatic heterocycles. The van der Waals surface area contributed by atoms with Crippen LogP contribution in [0.5, 0.6) is 0 Å². The van der Waals surface area contributed by atoms with E-state index in [0.29, 0.717) is 16.6 Å². The zero-order valence-corrected chi connectivity index (χ0v) is 18.7. The van der Waals surface area contributed by atoms with E-state index in [9.17, 15) is 9.59 Å². The van der Waals surface area contributed by atoms with Crippen LogP contribution >= 0.6 is 23.2 Å².